The standard InChI is InChI=1S/C5H5N3O4S/c9-5(10)3-1-7-4(2-6-3)8-13(11)12/h1-2H,(H,7,8)(H,9,10)(H,11,12). The smallest absolute Gasteiger partial charge is 0.356 e. The second kappa shape index (κ2) is 3.92. The van der Waals surface area contributed by atoms with E-state index in [0.29, 0.717) is 0 Å². The third-order valence-corrected chi connectivity index (χ3v) is 1.45. The molecule has 1 aromatic heterocycles. The van der Waals surface area contributed by atoms with E-state index >= 15 is 0 Å². The minimum atomic E-state index is -2.23. The Bertz CT molecular complexity index is 338. The summed E-state index contributed by atoms with van der Waals surface area (Å²) >= 11 is -2.23. The Kier molecular flexibility index (Phi) is 2.88. The van der Waals surface area contributed by atoms with Crippen LogP contribution in [0.2, 0.25) is 0 Å². The average molecular weight is 203 g/mol. The Morgan fingerprint density at radius 2 is 2.15 bits per heavy atom. The Morgan fingerprint density at radius 1 is 1.46 bits per heavy atom. The first-order valence-electron chi connectivity index (χ1n) is 3.02. The molecule has 13 heavy (non-hydrogen) atoms. The Hall–Kier alpha value is -1.54. The monoisotopic (exact) mass is 203 g/mol. The van der Waals surface area contributed by atoms with Gasteiger partial charge in [0, 0.05) is 0 Å². The molecule has 0 spiro atoms. The molecule has 0 bridgehead atoms. The van der Waals surface area contributed by atoms with Crippen molar-refractivity contribution in [2.45, 2.75) is 0 Å². The van der Waals surface area contributed by atoms with Gasteiger partial charge in [-0.1, -0.05) is 0 Å². The summed E-state index contributed by atoms with van der Waals surface area (Å²) in [6.07, 6.45) is 2.04. The summed E-state index contributed by atoms with van der Waals surface area (Å²) in [4.78, 5) is 17.3. The van der Waals surface area contributed by atoms with Gasteiger partial charge in [0.2, 0.25) is 0 Å². The zero-order valence-corrected chi connectivity index (χ0v) is 6.98. The molecular formula is C5H5N3O4S. The molecule has 1 heterocycles. The van der Waals surface area contributed by atoms with Gasteiger partial charge in [-0.25, -0.2) is 19.0 Å². The van der Waals surface area contributed by atoms with Crippen molar-refractivity contribution < 1.29 is 18.7 Å². The summed E-state index contributed by atoms with van der Waals surface area (Å²) in [7, 11) is 0. The third kappa shape index (κ3) is 2.76. The number of rotatable bonds is 3. The molecule has 3 N–H and O–H groups in total. The number of aromatic carboxylic acids is 1. The maximum Gasteiger partial charge on any atom is 0.356 e. The predicted octanol–water partition coefficient (Wildman–Crippen LogP) is -0.277. The van der Waals surface area contributed by atoms with E-state index in [1.165, 1.54) is 0 Å². The first kappa shape index (κ1) is 9.55. The van der Waals surface area contributed by atoms with Crippen molar-refractivity contribution in [3.05, 3.63) is 18.1 Å². The van der Waals surface area contributed by atoms with E-state index in [1.54, 1.807) is 0 Å². The van der Waals surface area contributed by atoms with Crippen molar-refractivity contribution in [1.29, 1.82) is 0 Å². The van der Waals surface area contributed by atoms with Crippen LogP contribution in [0.15, 0.2) is 12.4 Å². The lowest BCUT2D eigenvalue weighted by Gasteiger charge is -1.98. The number of carboxylic acids is 1. The molecule has 0 saturated carbocycles. The van der Waals surface area contributed by atoms with Gasteiger partial charge in [-0.15, -0.1) is 0 Å². The van der Waals surface area contributed by atoms with Gasteiger partial charge in [0.05, 0.1) is 12.4 Å². The van der Waals surface area contributed by atoms with Gasteiger partial charge < -0.3 is 5.11 Å². The zero-order valence-electron chi connectivity index (χ0n) is 6.17. The van der Waals surface area contributed by atoms with Crippen LogP contribution < -0.4 is 4.72 Å². The molecule has 70 valence electrons. The number of anilines is 1. The first-order chi connectivity index (χ1) is 6.09. The van der Waals surface area contributed by atoms with Gasteiger partial charge >= 0.3 is 5.97 Å². The van der Waals surface area contributed by atoms with Crippen LogP contribution in [-0.4, -0.2) is 29.8 Å². The summed E-state index contributed by atoms with van der Waals surface area (Å²) in [5.41, 5.74) is -0.228. The minimum Gasteiger partial charge on any atom is -0.476 e. The van der Waals surface area contributed by atoms with E-state index in [2.05, 4.69) is 9.97 Å². The van der Waals surface area contributed by atoms with E-state index in [4.69, 9.17) is 9.66 Å². The molecule has 7 nitrogen and oxygen atoms in total. The van der Waals surface area contributed by atoms with Crippen LogP contribution in [0, 0.1) is 0 Å². The maximum atomic E-state index is 10.3. The number of carboxylic acid groups (broad SMARTS) is 1. The molecule has 1 aromatic rings. The topological polar surface area (TPSA) is 112 Å². The van der Waals surface area contributed by atoms with Gasteiger partial charge in [0.15, 0.2) is 11.5 Å². The van der Waals surface area contributed by atoms with E-state index in [-0.39, 0.29) is 11.5 Å². The number of carbonyl (C=O) groups is 1. The number of aromatic nitrogens is 2. The lowest BCUT2D eigenvalue weighted by atomic mass is 10.5. The summed E-state index contributed by atoms with van der Waals surface area (Å²) in [5, 5.41) is 8.43. The van der Waals surface area contributed by atoms with Crippen LogP contribution in [0.1, 0.15) is 10.5 Å². The van der Waals surface area contributed by atoms with E-state index in [0.717, 1.165) is 12.4 Å². The highest BCUT2D eigenvalue weighted by Crippen LogP contribution is 2.00. The third-order valence-electron chi connectivity index (χ3n) is 1.06. The number of nitrogens with zero attached hydrogens (tertiary/aromatic N) is 2. The molecule has 0 saturated heterocycles. The summed E-state index contributed by atoms with van der Waals surface area (Å²) in [6, 6.07) is 0. The van der Waals surface area contributed by atoms with Gasteiger partial charge in [-0.2, -0.15) is 0 Å². The quantitative estimate of drug-likeness (QED) is 0.582. The SMILES string of the molecule is O=C(O)c1cnc(NS(=O)O)cn1. The van der Waals surface area contributed by atoms with Gasteiger partial charge in [0.1, 0.15) is 0 Å². The van der Waals surface area contributed by atoms with Crippen LogP contribution in [0.4, 0.5) is 5.82 Å². The fourth-order valence-electron chi connectivity index (χ4n) is 0.581. The van der Waals surface area contributed by atoms with Crippen molar-refractivity contribution in [3.8, 4) is 0 Å². The fourth-order valence-corrected chi connectivity index (χ4v) is 0.865. The molecule has 0 fully saturated rings. The Morgan fingerprint density at radius 3 is 2.54 bits per heavy atom. The molecule has 8 heteroatoms. The predicted molar refractivity (Wildman–Crippen MR) is 43.4 cm³/mol. The molecule has 1 rings (SSSR count). The molecule has 0 aliphatic carbocycles. The Balaban J connectivity index is 2.81. The van der Waals surface area contributed by atoms with Crippen molar-refractivity contribution in [1.82, 2.24) is 9.97 Å². The van der Waals surface area contributed by atoms with Crippen molar-refractivity contribution in [2.75, 3.05) is 4.72 Å². The minimum absolute atomic E-state index is 0.0332. The number of nitrogens with one attached hydrogen (secondary N) is 1. The second-order valence-electron chi connectivity index (χ2n) is 1.94. The molecule has 0 amide bonds. The first-order valence-corrected chi connectivity index (χ1v) is 4.13. The van der Waals surface area contributed by atoms with Crippen LogP contribution in [0.25, 0.3) is 0 Å². The molecular weight excluding hydrogens is 198 g/mol. The lowest BCUT2D eigenvalue weighted by Crippen LogP contribution is -2.06. The van der Waals surface area contributed by atoms with E-state index in [1.807, 2.05) is 4.72 Å². The number of hydrogen-bond acceptors (Lipinski definition) is 4. The highest BCUT2D eigenvalue weighted by molar-refractivity contribution is 7.80. The largest absolute Gasteiger partial charge is 0.476 e. The zero-order chi connectivity index (χ0) is 9.84. The average Bonchev–Trinajstić information content (AvgIpc) is 2.04. The summed E-state index contributed by atoms with van der Waals surface area (Å²) in [6.45, 7) is 0. The van der Waals surface area contributed by atoms with Crippen molar-refractivity contribution >= 4 is 23.1 Å². The molecule has 0 aliphatic rings. The molecule has 0 aliphatic heterocycles. The normalized spacial score (nSPS) is 12.1. The van der Waals surface area contributed by atoms with Gasteiger partial charge in [-0.3, -0.25) is 9.27 Å². The Labute approximate surface area is 75.3 Å². The highest BCUT2D eigenvalue weighted by atomic mass is 32.2. The van der Waals surface area contributed by atoms with Crippen LogP contribution in [-0.2, 0) is 11.3 Å². The van der Waals surface area contributed by atoms with E-state index < -0.39 is 17.2 Å². The van der Waals surface area contributed by atoms with Crippen LogP contribution in [0.5, 0.6) is 0 Å². The van der Waals surface area contributed by atoms with Crippen LogP contribution >= 0.6 is 0 Å². The van der Waals surface area contributed by atoms with E-state index in [9.17, 15) is 9.00 Å². The molecule has 1 unspecified atom stereocenters. The van der Waals surface area contributed by atoms with Gasteiger partial charge in [-0.05, 0) is 0 Å². The number of hydrogen-bond donors (Lipinski definition) is 3. The summed E-state index contributed by atoms with van der Waals surface area (Å²) in [5.74, 6) is -1.17. The maximum absolute atomic E-state index is 10.3. The molecule has 0 aromatic carbocycles. The van der Waals surface area contributed by atoms with Gasteiger partial charge in [0.25, 0.3) is 11.3 Å². The van der Waals surface area contributed by atoms with Crippen LogP contribution in [0.3, 0.4) is 0 Å². The fraction of sp³-hybridized carbons (Fsp3) is 0. The second-order valence-corrected chi connectivity index (χ2v) is 2.65. The van der Waals surface area contributed by atoms with Crippen molar-refractivity contribution in [2.24, 2.45) is 0 Å². The molecule has 1 atom stereocenters. The van der Waals surface area contributed by atoms with Crippen molar-refractivity contribution in [3.63, 3.8) is 0 Å². The molecule has 0 radical (unpaired) electrons. The highest BCUT2D eigenvalue weighted by Gasteiger charge is 2.04. The lowest BCUT2D eigenvalue weighted by molar-refractivity contribution is 0.0690. The summed E-state index contributed by atoms with van der Waals surface area (Å²) < 4.78 is 20.6.